The van der Waals surface area contributed by atoms with Crippen molar-refractivity contribution >= 4 is 6.03 Å². The van der Waals surface area contributed by atoms with Gasteiger partial charge in [-0.15, -0.1) is 0 Å². The summed E-state index contributed by atoms with van der Waals surface area (Å²) in [5.74, 6) is 0.672. The highest BCUT2D eigenvalue weighted by Gasteiger charge is 2.19. The first-order chi connectivity index (χ1) is 9.29. The molecule has 0 radical (unpaired) electrons. The molecule has 2 fully saturated rings. The molecule has 19 heavy (non-hydrogen) atoms. The van der Waals surface area contributed by atoms with Crippen LogP contribution in [0.2, 0.25) is 0 Å². The molecule has 1 aliphatic heterocycles. The summed E-state index contributed by atoms with van der Waals surface area (Å²) < 4.78 is 0. The van der Waals surface area contributed by atoms with Crippen LogP contribution in [0.5, 0.6) is 0 Å². The second kappa shape index (κ2) is 7.53. The van der Waals surface area contributed by atoms with E-state index in [1.807, 2.05) is 11.1 Å². The smallest absolute Gasteiger partial charge is 0.321 e. The number of hydrogen-bond acceptors (Lipinski definition) is 2. The number of urea groups is 1. The number of allylic oxidation sites excluding steroid dienone is 1. The minimum Gasteiger partial charge on any atom is -0.322 e. The normalized spacial score (nSPS) is 22.9. The van der Waals surface area contributed by atoms with Crippen molar-refractivity contribution in [1.29, 1.82) is 0 Å². The molecule has 1 N–H and O–H groups in total. The van der Waals surface area contributed by atoms with Crippen LogP contribution in [-0.4, -0.2) is 48.6 Å². The minimum absolute atomic E-state index is 0.0582. The van der Waals surface area contributed by atoms with E-state index in [1.54, 1.807) is 0 Å². The van der Waals surface area contributed by atoms with Gasteiger partial charge in [0.1, 0.15) is 0 Å². The third kappa shape index (κ3) is 4.53. The van der Waals surface area contributed by atoms with Gasteiger partial charge in [0.2, 0.25) is 0 Å². The summed E-state index contributed by atoms with van der Waals surface area (Å²) in [5, 5.41) is 2.92. The van der Waals surface area contributed by atoms with E-state index in [1.165, 1.54) is 32.1 Å². The van der Waals surface area contributed by atoms with Gasteiger partial charge in [0, 0.05) is 32.4 Å². The van der Waals surface area contributed by atoms with E-state index in [4.69, 9.17) is 0 Å². The fraction of sp³-hybridized carbons (Fsp3) is 0.800. The summed E-state index contributed by atoms with van der Waals surface area (Å²) in [4.78, 5) is 16.3. The molecule has 2 aliphatic rings. The summed E-state index contributed by atoms with van der Waals surface area (Å²) in [6.45, 7) is 6.93. The maximum atomic E-state index is 12.0. The SMILES string of the molecule is CCN1CCN(C(=O)N/C=C/C2CCCCC2)CC1. The number of amides is 2. The van der Waals surface area contributed by atoms with Gasteiger partial charge in [-0.3, -0.25) is 0 Å². The van der Waals surface area contributed by atoms with Crippen molar-refractivity contribution in [2.75, 3.05) is 32.7 Å². The first-order valence-corrected chi connectivity index (χ1v) is 7.74. The van der Waals surface area contributed by atoms with Gasteiger partial charge in [-0.25, -0.2) is 4.79 Å². The molecular formula is C15H27N3O. The third-order valence-corrected chi connectivity index (χ3v) is 4.33. The maximum Gasteiger partial charge on any atom is 0.321 e. The molecule has 2 amide bonds. The van der Waals surface area contributed by atoms with Crippen LogP contribution < -0.4 is 5.32 Å². The van der Waals surface area contributed by atoms with Gasteiger partial charge in [0.05, 0.1) is 0 Å². The van der Waals surface area contributed by atoms with Gasteiger partial charge in [0.15, 0.2) is 0 Å². The number of hydrogen-bond donors (Lipinski definition) is 1. The number of rotatable bonds is 3. The third-order valence-electron chi connectivity index (χ3n) is 4.33. The summed E-state index contributed by atoms with van der Waals surface area (Å²) >= 11 is 0. The van der Waals surface area contributed by atoms with Crippen LogP contribution in [0.15, 0.2) is 12.3 Å². The number of carbonyl (C=O) groups excluding carboxylic acids is 1. The second-order valence-corrected chi connectivity index (χ2v) is 5.63. The molecule has 4 nitrogen and oxygen atoms in total. The van der Waals surface area contributed by atoms with Crippen LogP contribution >= 0.6 is 0 Å². The largest absolute Gasteiger partial charge is 0.322 e. The number of likely N-dealkylation sites (N-methyl/N-ethyl adjacent to an activating group) is 1. The first kappa shape index (κ1) is 14.4. The Morgan fingerprint density at radius 1 is 1.16 bits per heavy atom. The lowest BCUT2D eigenvalue weighted by atomic mass is 9.89. The zero-order valence-corrected chi connectivity index (χ0v) is 12.1. The van der Waals surface area contributed by atoms with Crippen molar-refractivity contribution in [2.45, 2.75) is 39.0 Å². The van der Waals surface area contributed by atoms with Crippen LogP contribution in [-0.2, 0) is 0 Å². The lowest BCUT2D eigenvalue weighted by Gasteiger charge is -2.33. The molecule has 4 heteroatoms. The first-order valence-electron chi connectivity index (χ1n) is 7.74. The van der Waals surface area contributed by atoms with Gasteiger partial charge in [-0.05, 0) is 25.3 Å². The standard InChI is InChI=1S/C15H27N3O/c1-2-17-10-12-18(13-11-17)15(19)16-9-8-14-6-4-3-5-7-14/h8-9,14H,2-7,10-13H2,1H3,(H,16,19)/b9-8+. The average molecular weight is 265 g/mol. The molecule has 1 saturated heterocycles. The molecule has 0 aromatic heterocycles. The zero-order chi connectivity index (χ0) is 13.5. The average Bonchev–Trinajstić information content (AvgIpc) is 2.48. The molecular weight excluding hydrogens is 238 g/mol. The molecule has 0 spiro atoms. The number of carbonyl (C=O) groups is 1. The van der Waals surface area contributed by atoms with E-state index in [9.17, 15) is 4.79 Å². The van der Waals surface area contributed by atoms with Crippen molar-refractivity contribution < 1.29 is 4.79 Å². The minimum atomic E-state index is 0.0582. The van der Waals surface area contributed by atoms with Crippen LogP contribution in [0.4, 0.5) is 4.79 Å². The van der Waals surface area contributed by atoms with E-state index < -0.39 is 0 Å². The van der Waals surface area contributed by atoms with E-state index >= 15 is 0 Å². The van der Waals surface area contributed by atoms with Crippen LogP contribution in [0.25, 0.3) is 0 Å². The molecule has 0 unspecified atom stereocenters. The second-order valence-electron chi connectivity index (χ2n) is 5.63. The van der Waals surface area contributed by atoms with Crippen LogP contribution in [0.3, 0.4) is 0 Å². The van der Waals surface area contributed by atoms with Crippen molar-refractivity contribution in [3.8, 4) is 0 Å². The Morgan fingerprint density at radius 2 is 1.84 bits per heavy atom. The quantitative estimate of drug-likeness (QED) is 0.850. The molecule has 108 valence electrons. The monoisotopic (exact) mass is 265 g/mol. The Labute approximate surface area is 116 Å². The fourth-order valence-corrected chi connectivity index (χ4v) is 2.94. The van der Waals surface area contributed by atoms with Crippen LogP contribution in [0, 0.1) is 5.92 Å². The molecule has 0 atom stereocenters. The van der Waals surface area contributed by atoms with Gasteiger partial charge in [-0.1, -0.05) is 32.3 Å². The fourth-order valence-electron chi connectivity index (χ4n) is 2.94. The van der Waals surface area contributed by atoms with Gasteiger partial charge in [-0.2, -0.15) is 0 Å². The Kier molecular flexibility index (Phi) is 5.70. The van der Waals surface area contributed by atoms with Crippen LogP contribution in [0.1, 0.15) is 39.0 Å². The van der Waals surface area contributed by atoms with Crippen molar-refractivity contribution in [3.05, 3.63) is 12.3 Å². The van der Waals surface area contributed by atoms with E-state index in [-0.39, 0.29) is 6.03 Å². The van der Waals surface area contributed by atoms with Crippen molar-refractivity contribution in [3.63, 3.8) is 0 Å². The zero-order valence-electron chi connectivity index (χ0n) is 12.1. The predicted molar refractivity (Wildman–Crippen MR) is 77.9 cm³/mol. The highest BCUT2D eigenvalue weighted by molar-refractivity contribution is 5.75. The summed E-state index contributed by atoms with van der Waals surface area (Å²) in [5.41, 5.74) is 0. The Morgan fingerprint density at radius 3 is 2.47 bits per heavy atom. The highest BCUT2D eigenvalue weighted by atomic mass is 16.2. The summed E-state index contributed by atoms with van der Waals surface area (Å²) in [6, 6.07) is 0.0582. The molecule has 1 saturated carbocycles. The molecule has 1 heterocycles. The number of nitrogens with zero attached hydrogens (tertiary/aromatic N) is 2. The molecule has 0 aromatic carbocycles. The lowest BCUT2D eigenvalue weighted by molar-refractivity contribution is 0.145. The number of nitrogens with one attached hydrogen (secondary N) is 1. The number of piperazine rings is 1. The summed E-state index contributed by atoms with van der Waals surface area (Å²) in [7, 11) is 0. The van der Waals surface area contributed by atoms with E-state index in [0.717, 1.165) is 32.7 Å². The molecule has 2 rings (SSSR count). The summed E-state index contributed by atoms with van der Waals surface area (Å²) in [6.07, 6.45) is 10.6. The van der Waals surface area contributed by atoms with Gasteiger partial charge >= 0.3 is 6.03 Å². The lowest BCUT2D eigenvalue weighted by Crippen LogP contribution is -2.50. The van der Waals surface area contributed by atoms with E-state index in [0.29, 0.717) is 5.92 Å². The highest BCUT2D eigenvalue weighted by Crippen LogP contribution is 2.24. The van der Waals surface area contributed by atoms with Gasteiger partial charge in [0.25, 0.3) is 0 Å². The van der Waals surface area contributed by atoms with Crippen molar-refractivity contribution in [2.24, 2.45) is 5.92 Å². The predicted octanol–water partition coefficient (Wildman–Crippen LogP) is 2.43. The molecule has 0 aromatic rings. The topological polar surface area (TPSA) is 35.6 Å². The Hall–Kier alpha value is -1.03. The van der Waals surface area contributed by atoms with Crippen molar-refractivity contribution in [1.82, 2.24) is 15.1 Å². The molecule has 0 bridgehead atoms. The van der Waals surface area contributed by atoms with Gasteiger partial charge < -0.3 is 15.1 Å². The maximum absolute atomic E-state index is 12.0. The molecule has 1 aliphatic carbocycles. The Balaban J connectivity index is 1.68. The Bertz CT molecular complexity index is 303. The van der Waals surface area contributed by atoms with E-state index in [2.05, 4.69) is 23.2 Å².